The quantitative estimate of drug-likeness (QED) is 0.927. The van der Waals surface area contributed by atoms with Gasteiger partial charge in [0, 0.05) is 7.05 Å². The minimum Gasteiger partial charge on any atom is -0.478 e. The van der Waals surface area contributed by atoms with Crippen molar-refractivity contribution >= 4 is 32.5 Å². The first-order valence-corrected chi connectivity index (χ1v) is 7.90. The molecule has 6 nitrogen and oxygen atoms in total. The van der Waals surface area contributed by atoms with Gasteiger partial charge in [0.1, 0.15) is 16.4 Å². The number of rotatable bonds is 4. The van der Waals surface area contributed by atoms with Crippen LogP contribution >= 0.6 is 11.5 Å². The van der Waals surface area contributed by atoms with Crippen LogP contribution in [0.4, 0.5) is 9.39 Å². The van der Waals surface area contributed by atoms with Crippen LogP contribution in [0.25, 0.3) is 0 Å². The summed E-state index contributed by atoms with van der Waals surface area (Å²) in [6.45, 7) is 1.48. The number of halogens is 1. The van der Waals surface area contributed by atoms with Crippen molar-refractivity contribution in [3.05, 3.63) is 41.3 Å². The van der Waals surface area contributed by atoms with Gasteiger partial charge in [0.2, 0.25) is 0 Å². The molecule has 2 aromatic rings. The molecule has 0 fully saturated rings. The summed E-state index contributed by atoms with van der Waals surface area (Å²) in [6, 6.07) is 4.51. The van der Waals surface area contributed by atoms with Gasteiger partial charge in [-0.25, -0.2) is 17.6 Å². The predicted molar refractivity (Wildman–Crippen MR) is 75.8 cm³/mol. The molecule has 9 heteroatoms. The van der Waals surface area contributed by atoms with E-state index in [-0.39, 0.29) is 21.2 Å². The number of aryl methyl sites for hydroxylation is 1. The molecule has 0 spiro atoms. The Bertz CT molecular complexity index is 801. The van der Waals surface area contributed by atoms with E-state index in [1.165, 1.54) is 26.1 Å². The van der Waals surface area contributed by atoms with Crippen molar-refractivity contribution in [2.45, 2.75) is 11.8 Å². The third-order valence-electron chi connectivity index (χ3n) is 2.80. The lowest BCUT2D eigenvalue weighted by Crippen LogP contribution is -2.27. The van der Waals surface area contributed by atoms with Gasteiger partial charge in [0.05, 0.1) is 10.6 Å². The van der Waals surface area contributed by atoms with E-state index >= 15 is 0 Å². The number of hydrogen-bond acceptors (Lipinski definition) is 5. The summed E-state index contributed by atoms with van der Waals surface area (Å²) < 4.78 is 42.7. The SMILES string of the molecule is Cc1nsc(N(C)S(=O)(=O)c2cccc(F)c2)c1C(=O)O. The number of aromatic nitrogens is 1. The Hall–Kier alpha value is -2.00. The molecule has 0 unspecified atom stereocenters. The van der Waals surface area contributed by atoms with Crippen LogP contribution in [0.1, 0.15) is 16.1 Å². The van der Waals surface area contributed by atoms with Crippen LogP contribution in [-0.4, -0.2) is 30.9 Å². The Morgan fingerprint density at radius 3 is 2.67 bits per heavy atom. The zero-order chi connectivity index (χ0) is 15.8. The van der Waals surface area contributed by atoms with E-state index in [4.69, 9.17) is 5.11 Å². The lowest BCUT2D eigenvalue weighted by Gasteiger charge is -2.18. The first-order chi connectivity index (χ1) is 9.75. The Labute approximate surface area is 124 Å². The predicted octanol–water partition coefficient (Wildman–Crippen LogP) is 2.11. The molecule has 0 amide bonds. The Balaban J connectivity index is 2.54. The van der Waals surface area contributed by atoms with E-state index in [0.29, 0.717) is 0 Å². The van der Waals surface area contributed by atoms with E-state index in [0.717, 1.165) is 28.0 Å². The summed E-state index contributed by atoms with van der Waals surface area (Å²) in [7, 11) is -2.85. The number of carboxylic acids is 1. The minimum absolute atomic E-state index is 0.0238. The Kier molecular flexibility index (Phi) is 3.97. The van der Waals surface area contributed by atoms with Crippen molar-refractivity contribution in [3.63, 3.8) is 0 Å². The topological polar surface area (TPSA) is 87.6 Å². The van der Waals surface area contributed by atoms with Crippen LogP contribution in [-0.2, 0) is 10.0 Å². The number of carboxylic acid groups (broad SMARTS) is 1. The van der Waals surface area contributed by atoms with Crippen LogP contribution in [0, 0.1) is 12.7 Å². The second-order valence-electron chi connectivity index (χ2n) is 4.18. The van der Waals surface area contributed by atoms with Crippen molar-refractivity contribution in [2.75, 3.05) is 11.4 Å². The summed E-state index contributed by atoms with van der Waals surface area (Å²) in [5, 5.41) is 9.13. The van der Waals surface area contributed by atoms with E-state index in [1.54, 1.807) is 0 Å². The third kappa shape index (κ3) is 2.74. The van der Waals surface area contributed by atoms with Gasteiger partial charge in [-0.3, -0.25) is 4.31 Å². The zero-order valence-electron chi connectivity index (χ0n) is 11.1. The molecule has 1 heterocycles. The highest BCUT2D eigenvalue weighted by Crippen LogP contribution is 2.31. The maximum Gasteiger partial charge on any atom is 0.340 e. The summed E-state index contributed by atoms with van der Waals surface area (Å²) >= 11 is 0.761. The number of benzene rings is 1. The number of hydrogen-bond donors (Lipinski definition) is 1. The molecule has 0 aliphatic carbocycles. The Morgan fingerprint density at radius 2 is 2.10 bits per heavy atom. The van der Waals surface area contributed by atoms with Crippen molar-refractivity contribution in [1.82, 2.24) is 4.37 Å². The van der Waals surface area contributed by atoms with Crippen molar-refractivity contribution in [2.24, 2.45) is 0 Å². The van der Waals surface area contributed by atoms with Gasteiger partial charge < -0.3 is 5.11 Å². The molecule has 0 aliphatic rings. The third-order valence-corrected chi connectivity index (χ3v) is 5.68. The van der Waals surface area contributed by atoms with Crippen LogP contribution in [0.2, 0.25) is 0 Å². The first kappa shape index (κ1) is 15.4. The molecule has 0 atom stereocenters. The van der Waals surface area contributed by atoms with Gasteiger partial charge >= 0.3 is 5.97 Å². The highest BCUT2D eigenvalue weighted by molar-refractivity contribution is 7.93. The normalized spacial score (nSPS) is 11.4. The molecule has 2 rings (SSSR count). The van der Waals surface area contributed by atoms with Crippen molar-refractivity contribution in [1.29, 1.82) is 0 Å². The molecule has 1 N–H and O–H groups in total. The smallest absolute Gasteiger partial charge is 0.340 e. The molecule has 1 aromatic carbocycles. The maximum atomic E-state index is 13.2. The van der Waals surface area contributed by atoms with Crippen LogP contribution in [0.3, 0.4) is 0 Å². The van der Waals surface area contributed by atoms with Crippen LogP contribution in [0.5, 0.6) is 0 Å². The molecule has 21 heavy (non-hydrogen) atoms. The van der Waals surface area contributed by atoms with E-state index < -0.39 is 21.8 Å². The molecule has 0 saturated carbocycles. The lowest BCUT2D eigenvalue weighted by molar-refractivity contribution is 0.0697. The maximum absolute atomic E-state index is 13.2. The fraction of sp³-hybridized carbons (Fsp3) is 0.167. The van der Waals surface area contributed by atoms with Crippen molar-refractivity contribution < 1.29 is 22.7 Å². The van der Waals surface area contributed by atoms with Gasteiger partial charge in [-0.2, -0.15) is 4.37 Å². The van der Waals surface area contributed by atoms with E-state index in [1.807, 2.05) is 0 Å². The lowest BCUT2D eigenvalue weighted by atomic mass is 10.2. The fourth-order valence-corrected chi connectivity index (χ4v) is 4.00. The standard InChI is InChI=1S/C12H11FN2O4S2/c1-7-10(12(16)17)11(20-14-7)15(2)21(18,19)9-5-3-4-8(13)6-9/h3-6H,1-2H3,(H,16,17). The highest BCUT2D eigenvalue weighted by atomic mass is 32.2. The molecular formula is C12H11FN2O4S2. The molecule has 112 valence electrons. The number of anilines is 1. The summed E-state index contributed by atoms with van der Waals surface area (Å²) in [5.41, 5.74) is 0.0475. The second-order valence-corrected chi connectivity index (χ2v) is 6.90. The monoisotopic (exact) mass is 330 g/mol. The fourth-order valence-electron chi connectivity index (χ4n) is 1.71. The van der Waals surface area contributed by atoms with Gasteiger partial charge in [0.25, 0.3) is 10.0 Å². The number of sulfonamides is 1. The van der Waals surface area contributed by atoms with E-state index in [2.05, 4.69) is 4.37 Å². The first-order valence-electron chi connectivity index (χ1n) is 5.69. The molecule has 1 aromatic heterocycles. The molecule has 0 radical (unpaired) electrons. The highest BCUT2D eigenvalue weighted by Gasteiger charge is 2.29. The summed E-state index contributed by atoms with van der Waals surface area (Å²) in [5.74, 6) is -1.96. The van der Waals surface area contributed by atoms with Gasteiger partial charge in [0.15, 0.2) is 0 Å². The minimum atomic E-state index is -4.06. The number of carbonyl (C=O) groups is 1. The van der Waals surface area contributed by atoms with Gasteiger partial charge in [-0.1, -0.05) is 6.07 Å². The van der Waals surface area contributed by atoms with Crippen molar-refractivity contribution in [3.8, 4) is 0 Å². The molecular weight excluding hydrogens is 319 g/mol. The molecule has 0 bridgehead atoms. The van der Waals surface area contributed by atoms with Crippen LogP contribution in [0.15, 0.2) is 29.2 Å². The molecule has 0 aliphatic heterocycles. The molecule has 0 saturated heterocycles. The van der Waals surface area contributed by atoms with E-state index in [9.17, 15) is 17.6 Å². The number of aromatic carboxylic acids is 1. The number of nitrogens with zero attached hydrogens (tertiary/aromatic N) is 2. The summed E-state index contributed by atoms with van der Waals surface area (Å²) in [4.78, 5) is 11.0. The second kappa shape index (κ2) is 5.41. The summed E-state index contributed by atoms with van der Waals surface area (Å²) in [6.07, 6.45) is 0. The average Bonchev–Trinajstić information content (AvgIpc) is 2.79. The zero-order valence-corrected chi connectivity index (χ0v) is 12.7. The van der Waals surface area contributed by atoms with Gasteiger partial charge in [-0.15, -0.1) is 0 Å². The van der Waals surface area contributed by atoms with Crippen LogP contribution < -0.4 is 4.31 Å². The average molecular weight is 330 g/mol. The van der Waals surface area contributed by atoms with Gasteiger partial charge in [-0.05, 0) is 36.7 Å². The Morgan fingerprint density at radius 1 is 1.43 bits per heavy atom. The largest absolute Gasteiger partial charge is 0.478 e.